The summed E-state index contributed by atoms with van der Waals surface area (Å²) in [4.78, 5) is 13.9. The second-order valence-electron chi connectivity index (χ2n) is 5.13. The van der Waals surface area contributed by atoms with Crippen LogP contribution < -0.4 is 4.90 Å². The van der Waals surface area contributed by atoms with Crippen molar-refractivity contribution in [3.8, 4) is 0 Å². The molecule has 0 radical (unpaired) electrons. The summed E-state index contributed by atoms with van der Waals surface area (Å²) >= 11 is 6.00. The van der Waals surface area contributed by atoms with Gasteiger partial charge < -0.3 is 4.90 Å². The fourth-order valence-electron chi connectivity index (χ4n) is 1.99. The minimum atomic E-state index is -3.72. The number of hydrogen-bond donors (Lipinski definition) is 0. The Morgan fingerprint density at radius 1 is 1.00 bits per heavy atom. The van der Waals surface area contributed by atoms with E-state index in [1.807, 2.05) is 18.2 Å². The maximum absolute atomic E-state index is 12.6. The summed E-state index contributed by atoms with van der Waals surface area (Å²) in [6.07, 6.45) is 0. The highest BCUT2D eigenvalue weighted by molar-refractivity contribution is 7.89. The second kappa shape index (κ2) is 6.70. The van der Waals surface area contributed by atoms with Crippen LogP contribution in [-0.2, 0) is 10.0 Å². The zero-order valence-electron chi connectivity index (χ0n) is 13.0. The molecule has 122 valence electrons. The molecule has 0 atom stereocenters. The van der Waals surface area contributed by atoms with Crippen molar-refractivity contribution in [2.45, 2.75) is 4.90 Å². The molecule has 2 aromatic carbocycles. The van der Waals surface area contributed by atoms with Crippen LogP contribution in [-0.4, -0.2) is 39.8 Å². The van der Waals surface area contributed by atoms with E-state index in [0.29, 0.717) is 5.69 Å². The number of benzene rings is 2. The van der Waals surface area contributed by atoms with E-state index in [1.165, 1.54) is 37.2 Å². The highest BCUT2D eigenvalue weighted by Gasteiger charge is 2.23. The molecule has 0 N–H and O–H groups in total. The van der Waals surface area contributed by atoms with E-state index >= 15 is 0 Å². The quantitative estimate of drug-likeness (QED) is 0.850. The average Bonchev–Trinajstić information content (AvgIpc) is 2.54. The van der Waals surface area contributed by atoms with Gasteiger partial charge in [0.25, 0.3) is 5.91 Å². The molecule has 0 aliphatic carbocycles. The number of carbonyl (C=O) groups is 1. The highest BCUT2D eigenvalue weighted by Crippen LogP contribution is 2.26. The Morgan fingerprint density at radius 2 is 1.61 bits per heavy atom. The van der Waals surface area contributed by atoms with Crippen molar-refractivity contribution in [2.24, 2.45) is 0 Å². The van der Waals surface area contributed by atoms with Crippen LogP contribution in [0.1, 0.15) is 10.4 Å². The number of amides is 1. The van der Waals surface area contributed by atoms with Crippen molar-refractivity contribution in [2.75, 3.05) is 26.0 Å². The fraction of sp³-hybridized carbons (Fsp3) is 0.188. The number of sulfonamides is 1. The molecular formula is C16H17ClN2O3S. The van der Waals surface area contributed by atoms with Gasteiger partial charge in [0.05, 0.1) is 5.02 Å². The molecule has 0 fully saturated rings. The van der Waals surface area contributed by atoms with E-state index in [-0.39, 0.29) is 21.4 Å². The SMILES string of the molecule is CN(C(=O)c1ccc(Cl)c(S(=O)(=O)N(C)C)c1)c1ccccc1. The third-order valence-electron chi connectivity index (χ3n) is 3.38. The summed E-state index contributed by atoms with van der Waals surface area (Å²) in [5.74, 6) is -0.317. The van der Waals surface area contributed by atoms with E-state index in [9.17, 15) is 13.2 Å². The lowest BCUT2D eigenvalue weighted by molar-refractivity contribution is 0.0993. The smallest absolute Gasteiger partial charge is 0.258 e. The van der Waals surface area contributed by atoms with E-state index in [1.54, 1.807) is 19.2 Å². The van der Waals surface area contributed by atoms with E-state index in [2.05, 4.69) is 0 Å². The standard InChI is InChI=1S/C16H17ClN2O3S/c1-18(2)23(21,22)15-11-12(9-10-14(15)17)16(20)19(3)13-7-5-4-6-8-13/h4-11H,1-3H3. The molecule has 0 spiro atoms. The highest BCUT2D eigenvalue weighted by atomic mass is 35.5. The van der Waals surface area contributed by atoms with Crippen molar-refractivity contribution in [3.05, 3.63) is 59.1 Å². The van der Waals surface area contributed by atoms with Gasteiger partial charge in [-0.05, 0) is 30.3 Å². The Morgan fingerprint density at radius 3 is 2.17 bits per heavy atom. The number of hydrogen-bond acceptors (Lipinski definition) is 3. The fourth-order valence-corrected chi connectivity index (χ4v) is 3.39. The minimum Gasteiger partial charge on any atom is -0.311 e. The van der Waals surface area contributed by atoms with E-state index < -0.39 is 10.0 Å². The molecule has 0 saturated heterocycles. The number of carbonyl (C=O) groups excluding carboxylic acids is 1. The summed E-state index contributed by atoms with van der Waals surface area (Å²) in [5, 5.41) is 0.0811. The normalized spacial score (nSPS) is 11.5. The van der Waals surface area contributed by atoms with Gasteiger partial charge in [-0.2, -0.15) is 0 Å². The molecule has 0 aromatic heterocycles. The zero-order valence-corrected chi connectivity index (χ0v) is 14.6. The first kappa shape index (κ1) is 17.5. The Kier molecular flexibility index (Phi) is 5.09. The van der Waals surface area contributed by atoms with Gasteiger partial charge in [0.15, 0.2) is 0 Å². The van der Waals surface area contributed by atoms with Gasteiger partial charge in [-0.1, -0.05) is 29.8 Å². The van der Waals surface area contributed by atoms with Crippen molar-refractivity contribution in [1.29, 1.82) is 0 Å². The van der Waals surface area contributed by atoms with Crippen LogP contribution in [0.4, 0.5) is 5.69 Å². The van der Waals surface area contributed by atoms with Crippen molar-refractivity contribution < 1.29 is 13.2 Å². The van der Waals surface area contributed by atoms with Crippen LogP contribution >= 0.6 is 11.6 Å². The summed E-state index contributed by atoms with van der Waals surface area (Å²) in [7, 11) is 0.734. The van der Waals surface area contributed by atoms with Gasteiger partial charge in [0.2, 0.25) is 10.0 Å². The van der Waals surface area contributed by atoms with Crippen LogP contribution in [0.3, 0.4) is 0 Å². The van der Waals surface area contributed by atoms with Gasteiger partial charge >= 0.3 is 0 Å². The van der Waals surface area contributed by atoms with Crippen LogP contribution in [0.15, 0.2) is 53.4 Å². The molecule has 0 aliphatic rings. The Labute approximate surface area is 141 Å². The minimum absolute atomic E-state index is 0.0811. The first-order chi connectivity index (χ1) is 10.7. The molecule has 0 unspecified atom stereocenters. The molecule has 1 amide bonds. The molecule has 0 bridgehead atoms. The predicted octanol–water partition coefficient (Wildman–Crippen LogP) is 2.87. The van der Waals surface area contributed by atoms with Gasteiger partial charge in [0, 0.05) is 32.4 Å². The molecular weight excluding hydrogens is 336 g/mol. The first-order valence-electron chi connectivity index (χ1n) is 6.80. The number of halogens is 1. The lowest BCUT2D eigenvalue weighted by Crippen LogP contribution is -2.27. The van der Waals surface area contributed by atoms with Crippen molar-refractivity contribution in [3.63, 3.8) is 0 Å². The summed E-state index contributed by atoms with van der Waals surface area (Å²) in [6.45, 7) is 0. The maximum atomic E-state index is 12.6. The third-order valence-corrected chi connectivity index (χ3v) is 5.68. The van der Waals surface area contributed by atoms with Gasteiger partial charge in [-0.15, -0.1) is 0 Å². The summed E-state index contributed by atoms with van der Waals surface area (Å²) < 4.78 is 25.6. The van der Waals surface area contributed by atoms with Gasteiger partial charge in [0.1, 0.15) is 4.90 Å². The van der Waals surface area contributed by atoms with Crippen molar-refractivity contribution in [1.82, 2.24) is 4.31 Å². The molecule has 0 heterocycles. The molecule has 0 aliphatic heterocycles. The average molecular weight is 353 g/mol. The monoisotopic (exact) mass is 352 g/mol. The Bertz CT molecular complexity index is 820. The first-order valence-corrected chi connectivity index (χ1v) is 8.62. The molecule has 23 heavy (non-hydrogen) atoms. The van der Waals surface area contributed by atoms with Crippen LogP contribution in [0.5, 0.6) is 0 Å². The second-order valence-corrected chi connectivity index (χ2v) is 7.66. The molecule has 2 aromatic rings. The third kappa shape index (κ3) is 3.55. The van der Waals surface area contributed by atoms with Crippen LogP contribution in [0.25, 0.3) is 0 Å². The van der Waals surface area contributed by atoms with Crippen LogP contribution in [0, 0.1) is 0 Å². The molecule has 7 heteroatoms. The van der Waals surface area contributed by atoms with E-state index in [4.69, 9.17) is 11.6 Å². The number of para-hydroxylation sites is 1. The predicted molar refractivity (Wildman–Crippen MR) is 91.5 cm³/mol. The number of nitrogens with zero attached hydrogens (tertiary/aromatic N) is 2. The Balaban J connectivity index is 2.44. The largest absolute Gasteiger partial charge is 0.311 e. The van der Waals surface area contributed by atoms with Gasteiger partial charge in [-0.25, -0.2) is 12.7 Å². The summed E-state index contributed by atoms with van der Waals surface area (Å²) in [6, 6.07) is 13.3. The van der Waals surface area contributed by atoms with Crippen LogP contribution in [0.2, 0.25) is 5.02 Å². The zero-order chi connectivity index (χ0) is 17.2. The lowest BCUT2D eigenvalue weighted by atomic mass is 10.2. The van der Waals surface area contributed by atoms with Gasteiger partial charge in [-0.3, -0.25) is 4.79 Å². The summed E-state index contributed by atoms with van der Waals surface area (Å²) in [5.41, 5.74) is 0.964. The lowest BCUT2D eigenvalue weighted by Gasteiger charge is -2.18. The van der Waals surface area contributed by atoms with E-state index in [0.717, 1.165) is 4.31 Å². The number of rotatable bonds is 4. The molecule has 0 saturated carbocycles. The maximum Gasteiger partial charge on any atom is 0.258 e. The topological polar surface area (TPSA) is 57.7 Å². The molecule has 5 nitrogen and oxygen atoms in total. The molecule has 2 rings (SSSR count). The van der Waals surface area contributed by atoms with Crippen molar-refractivity contribution >= 4 is 33.2 Å². The number of anilines is 1. The Hall–Kier alpha value is -1.89.